The molecule has 6 aromatic rings. The molecular formula is C45H50N3O5P. The highest BCUT2D eigenvalue weighted by Crippen LogP contribution is 2.49. The SMILES string of the molecule is COc1ccc(C(OC[C@@H](Cn2c3ccccc3c3ccccc32)OP(OCCC#N)N(C(C)C)C(C)C)(c2ccccc2)c2ccc(OC)cc2)cc1. The summed E-state index contributed by atoms with van der Waals surface area (Å²) in [5.74, 6) is 1.51. The third-order valence-electron chi connectivity index (χ3n) is 9.63. The first-order valence-electron chi connectivity index (χ1n) is 18.5. The van der Waals surface area contributed by atoms with Gasteiger partial charge in [0.15, 0.2) is 0 Å². The molecule has 54 heavy (non-hydrogen) atoms. The highest BCUT2D eigenvalue weighted by Gasteiger charge is 2.40. The monoisotopic (exact) mass is 743 g/mol. The van der Waals surface area contributed by atoms with Crippen molar-refractivity contribution in [1.82, 2.24) is 9.24 Å². The molecule has 1 aromatic heterocycles. The molecule has 0 radical (unpaired) electrons. The maximum absolute atomic E-state index is 9.44. The quantitative estimate of drug-likeness (QED) is 0.0493. The van der Waals surface area contributed by atoms with Gasteiger partial charge >= 0.3 is 0 Å². The number of para-hydroxylation sites is 2. The van der Waals surface area contributed by atoms with Crippen LogP contribution in [0.25, 0.3) is 21.8 Å². The summed E-state index contributed by atoms with van der Waals surface area (Å²) in [5, 5.41) is 11.8. The molecule has 0 aliphatic carbocycles. The van der Waals surface area contributed by atoms with Crippen LogP contribution < -0.4 is 9.47 Å². The lowest BCUT2D eigenvalue weighted by atomic mass is 9.80. The molecule has 280 valence electrons. The first-order chi connectivity index (χ1) is 26.3. The number of fused-ring (bicyclic) bond motifs is 3. The number of nitriles is 1. The van der Waals surface area contributed by atoms with Gasteiger partial charge in [-0.2, -0.15) is 5.26 Å². The van der Waals surface area contributed by atoms with E-state index in [-0.39, 0.29) is 31.7 Å². The maximum atomic E-state index is 9.44. The molecular weight excluding hydrogens is 693 g/mol. The van der Waals surface area contributed by atoms with Crippen LogP contribution in [0.2, 0.25) is 0 Å². The zero-order chi connectivity index (χ0) is 38.1. The molecule has 0 N–H and O–H groups in total. The Balaban J connectivity index is 1.50. The summed E-state index contributed by atoms with van der Waals surface area (Å²) in [7, 11) is 1.75. The fourth-order valence-electron chi connectivity index (χ4n) is 7.23. The molecule has 0 bridgehead atoms. The second kappa shape index (κ2) is 18.1. The fraction of sp³-hybridized carbons (Fsp3) is 0.311. The van der Waals surface area contributed by atoms with E-state index >= 15 is 0 Å². The molecule has 0 saturated carbocycles. The molecule has 8 nitrogen and oxygen atoms in total. The summed E-state index contributed by atoms with van der Waals surface area (Å²) in [6.07, 6.45) is -0.205. The number of hydrogen-bond donors (Lipinski definition) is 0. The predicted molar refractivity (Wildman–Crippen MR) is 218 cm³/mol. The topological polar surface area (TPSA) is 78.1 Å². The number of nitrogens with zero attached hydrogens (tertiary/aromatic N) is 3. The average molecular weight is 744 g/mol. The Hall–Kier alpha value is -4.74. The number of rotatable bonds is 18. The van der Waals surface area contributed by atoms with E-state index in [1.165, 1.54) is 10.8 Å². The van der Waals surface area contributed by atoms with Crippen molar-refractivity contribution in [2.45, 2.75) is 64.4 Å². The Morgan fingerprint density at radius 3 is 1.63 bits per heavy atom. The molecule has 0 fully saturated rings. The minimum Gasteiger partial charge on any atom is -0.497 e. The van der Waals surface area contributed by atoms with Crippen LogP contribution in [-0.4, -0.2) is 54.9 Å². The zero-order valence-corrected chi connectivity index (χ0v) is 32.9. The number of aromatic nitrogens is 1. The average Bonchev–Trinajstić information content (AvgIpc) is 3.51. The molecule has 0 amide bonds. The predicted octanol–water partition coefficient (Wildman–Crippen LogP) is 10.5. The van der Waals surface area contributed by atoms with E-state index in [4.69, 9.17) is 23.3 Å². The number of ether oxygens (including phenoxy) is 3. The van der Waals surface area contributed by atoms with Crippen molar-refractivity contribution in [3.63, 3.8) is 0 Å². The second-order valence-electron chi connectivity index (χ2n) is 13.7. The lowest BCUT2D eigenvalue weighted by Crippen LogP contribution is -2.39. The van der Waals surface area contributed by atoms with Gasteiger partial charge in [-0.3, -0.25) is 0 Å². The largest absolute Gasteiger partial charge is 0.497 e. The van der Waals surface area contributed by atoms with Gasteiger partial charge in [-0.05, 0) is 80.8 Å². The van der Waals surface area contributed by atoms with Crippen LogP contribution >= 0.6 is 8.53 Å². The number of benzene rings is 5. The Bertz CT molecular complexity index is 2020. The lowest BCUT2D eigenvalue weighted by Gasteiger charge is -2.40. The minimum atomic E-state index is -1.59. The second-order valence-corrected chi connectivity index (χ2v) is 15.1. The summed E-state index contributed by atoms with van der Waals surface area (Å²) in [5.41, 5.74) is 4.04. The smallest absolute Gasteiger partial charge is 0.259 e. The number of hydrogen-bond acceptors (Lipinski definition) is 7. The van der Waals surface area contributed by atoms with Gasteiger partial charge in [0.05, 0.1) is 46.5 Å². The van der Waals surface area contributed by atoms with Crippen molar-refractivity contribution in [2.75, 3.05) is 27.4 Å². The van der Waals surface area contributed by atoms with Gasteiger partial charge in [0.25, 0.3) is 8.53 Å². The summed E-state index contributed by atoms with van der Waals surface area (Å²) in [6.45, 7) is 9.58. The molecule has 0 aliphatic heterocycles. The van der Waals surface area contributed by atoms with Crippen LogP contribution in [0.3, 0.4) is 0 Å². The van der Waals surface area contributed by atoms with Crippen LogP contribution in [0.5, 0.6) is 11.5 Å². The molecule has 5 aromatic carbocycles. The Kier molecular flexibility index (Phi) is 13.0. The van der Waals surface area contributed by atoms with Crippen LogP contribution in [0.4, 0.5) is 0 Å². The van der Waals surface area contributed by atoms with Crippen molar-refractivity contribution >= 4 is 30.3 Å². The molecule has 2 atom stereocenters. The van der Waals surface area contributed by atoms with E-state index in [1.807, 2.05) is 42.5 Å². The molecule has 0 saturated heterocycles. The van der Waals surface area contributed by atoms with Crippen molar-refractivity contribution in [3.05, 3.63) is 144 Å². The van der Waals surface area contributed by atoms with Crippen LogP contribution in [0.1, 0.15) is 50.8 Å². The summed E-state index contributed by atoms with van der Waals surface area (Å²) in [4.78, 5) is 0. The van der Waals surface area contributed by atoms with Gasteiger partial charge in [-0.25, -0.2) is 4.67 Å². The molecule has 6 rings (SSSR count). The Morgan fingerprint density at radius 1 is 0.667 bits per heavy atom. The first kappa shape index (κ1) is 39.0. The standard InChI is InChI=1S/C45H50N3O5P/c1-33(2)48(34(3)4)54(52-30-14-29-46)53-40(31-47-43-19-12-10-17-41(43)42-18-11-13-20-44(42)47)32-51-45(35-15-8-7-9-16-35,36-21-25-38(49-5)26-22-36)37-23-27-39(50-6)28-24-37/h7-13,15-28,33-34,40H,14,30-32H2,1-6H3/t40-,54?/m1/s1. The summed E-state index contributed by atoms with van der Waals surface area (Å²) < 4.78 is 36.9. The molecule has 1 heterocycles. The number of methoxy groups -OCH3 is 2. The van der Waals surface area contributed by atoms with Gasteiger partial charge in [0, 0.05) is 33.9 Å². The van der Waals surface area contributed by atoms with Gasteiger partial charge < -0.3 is 27.8 Å². The molecule has 0 aliphatic rings. The summed E-state index contributed by atoms with van der Waals surface area (Å²) in [6, 6.07) is 45.9. The van der Waals surface area contributed by atoms with E-state index in [0.717, 1.165) is 39.2 Å². The molecule has 9 heteroatoms. The van der Waals surface area contributed by atoms with E-state index < -0.39 is 20.2 Å². The van der Waals surface area contributed by atoms with Gasteiger partial charge in [-0.15, -0.1) is 0 Å². The van der Waals surface area contributed by atoms with Crippen molar-refractivity contribution < 1.29 is 23.3 Å². The van der Waals surface area contributed by atoms with Gasteiger partial charge in [0.2, 0.25) is 0 Å². The third kappa shape index (κ3) is 8.32. The first-order valence-corrected chi connectivity index (χ1v) is 19.6. The van der Waals surface area contributed by atoms with Crippen LogP contribution in [0, 0.1) is 11.3 Å². The maximum Gasteiger partial charge on any atom is 0.259 e. The lowest BCUT2D eigenvalue weighted by molar-refractivity contribution is -0.0378. The molecule has 1 unspecified atom stereocenters. The van der Waals surface area contributed by atoms with Crippen molar-refractivity contribution in [1.29, 1.82) is 5.26 Å². The van der Waals surface area contributed by atoms with Crippen molar-refractivity contribution in [3.8, 4) is 17.6 Å². The zero-order valence-electron chi connectivity index (χ0n) is 32.0. The van der Waals surface area contributed by atoms with E-state index in [2.05, 4.69) is 128 Å². The van der Waals surface area contributed by atoms with Crippen LogP contribution in [0.15, 0.2) is 127 Å². The third-order valence-corrected chi connectivity index (χ3v) is 11.8. The van der Waals surface area contributed by atoms with Crippen LogP contribution in [-0.2, 0) is 25.9 Å². The van der Waals surface area contributed by atoms with Gasteiger partial charge in [-0.1, -0.05) is 91.0 Å². The Morgan fingerprint density at radius 2 is 1.15 bits per heavy atom. The highest BCUT2D eigenvalue weighted by atomic mass is 31.2. The normalized spacial score (nSPS) is 13.1. The fourth-order valence-corrected chi connectivity index (χ4v) is 8.92. The summed E-state index contributed by atoms with van der Waals surface area (Å²) >= 11 is 0. The van der Waals surface area contributed by atoms with E-state index in [9.17, 15) is 5.26 Å². The van der Waals surface area contributed by atoms with Gasteiger partial charge in [0.1, 0.15) is 23.2 Å². The Labute approximate surface area is 320 Å². The van der Waals surface area contributed by atoms with E-state index in [0.29, 0.717) is 6.54 Å². The molecule has 0 spiro atoms. The van der Waals surface area contributed by atoms with Crippen molar-refractivity contribution in [2.24, 2.45) is 0 Å². The van der Waals surface area contributed by atoms with E-state index in [1.54, 1.807) is 14.2 Å². The minimum absolute atomic E-state index is 0.134. The highest BCUT2D eigenvalue weighted by molar-refractivity contribution is 7.44.